The van der Waals surface area contributed by atoms with Gasteiger partial charge in [0.1, 0.15) is 12.0 Å². The van der Waals surface area contributed by atoms with Crippen LogP contribution in [0.4, 0.5) is 0 Å². The summed E-state index contributed by atoms with van der Waals surface area (Å²) >= 11 is 0. The lowest BCUT2D eigenvalue weighted by Gasteiger charge is -2.21. The molecule has 1 aromatic rings. The molecule has 1 aromatic heterocycles. The number of aliphatic hydroxyl groups excluding tert-OH is 1. The van der Waals surface area contributed by atoms with Gasteiger partial charge in [-0.1, -0.05) is 0 Å². The van der Waals surface area contributed by atoms with E-state index >= 15 is 0 Å². The van der Waals surface area contributed by atoms with Gasteiger partial charge in [0, 0.05) is 6.42 Å². The first-order chi connectivity index (χ1) is 6.88. The van der Waals surface area contributed by atoms with E-state index in [1.807, 2.05) is 0 Å². The Labute approximate surface area is 83.3 Å². The smallest absolute Gasteiger partial charge is 0.194 e. The van der Waals surface area contributed by atoms with E-state index in [0.717, 1.165) is 25.4 Å². The van der Waals surface area contributed by atoms with Crippen LogP contribution in [0, 0.1) is 5.92 Å². The fraction of sp³-hybridized carbons (Fsp3) is 0.700. The van der Waals surface area contributed by atoms with Gasteiger partial charge in [0.25, 0.3) is 0 Å². The molecule has 4 heteroatoms. The molecule has 1 aliphatic rings. The second kappa shape index (κ2) is 4.57. The largest absolute Gasteiger partial charge is 0.449 e. The van der Waals surface area contributed by atoms with Gasteiger partial charge in [-0.25, -0.2) is 4.98 Å². The number of oxazole rings is 1. The van der Waals surface area contributed by atoms with Crippen molar-refractivity contribution in [3.8, 4) is 0 Å². The van der Waals surface area contributed by atoms with Crippen molar-refractivity contribution in [1.29, 1.82) is 0 Å². The van der Waals surface area contributed by atoms with Crippen LogP contribution in [0.1, 0.15) is 24.4 Å². The highest BCUT2D eigenvalue weighted by Gasteiger charge is 2.16. The topological polar surface area (TPSA) is 58.3 Å². The predicted molar refractivity (Wildman–Crippen MR) is 51.7 cm³/mol. The van der Waals surface area contributed by atoms with E-state index in [1.165, 1.54) is 19.1 Å². The second-order valence-electron chi connectivity index (χ2n) is 3.81. The van der Waals surface area contributed by atoms with Gasteiger partial charge in [-0.3, -0.25) is 0 Å². The van der Waals surface area contributed by atoms with Crippen LogP contribution in [0.5, 0.6) is 0 Å². The monoisotopic (exact) mass is 196 g/mol. The molecule has 2 heterocycles. The summed E-state index contributed by atoms with van der Waals surface area (Å²) in [5.74, 6) is 1.39. The van der Waals surface area contributed by atoms with Crippen LogP contribution in [-0.2, 0) is 13.0 Å². The molecular formula is C10H16N2O2. The van der Waals surface area contributed by atoms with E-state index in [0.29, 0.717) is 11.6 Å². The SMILES string of the molecule is OCc1coc(CC2CCCNC2)n1. The van der Waals surface area contributed by atoms with Crippen molar-refractivity contribution in [3.05, 3.63) is 17.8 Å². The Bertz CT molecular complexity index is 279. The summed E-state index contributed by atoms with van der Waals surface area (Å²) < 4.78 is 5.26. The van der Waals surface area contributed by atoms with Crippen LogP contribution in [0.15, 0.2) is 10.7 Å². The van der Waals surface area contributed by atoms with Gasteiger partial charge < -0.3 is 14.8 Å². The molecule has 1 fully saturated rings. The van der Waals surface area contributed by atoms with E-state index in [-0.39, 0.29) is 6.61 Å². The van der Waals surface area contributed by atoms with Gasteiger partial charge in [0.05, 0.1) is 6.61 Å². The van der Waals surface area contributed by atoms with Crippen molar-refractivity contribution in [2.75, 3.05) is 13.1 Å². The van der Waals surface area contributed by atoms with E-state index < -0.39 is 0 Å². The van der Waals surface area contributed by atoms with Crippen LogP contribution in [0.2, 0.25) is 0 Å². The molecule has 4 nitrogen and oxygen atoms in total. The number of nitrogens with one attached hydrogen (secondary N) is 1. The molecule has 0 saturated carbocycles. The Balaban J connectivity index is 1.89. The normalized spacial score (nSPS) is 22.5. The summed E-state index contributed by atoms with van der Waals surface area (Å²) in [4.78, 5) is 4.18. The highest BCUT2D eigenvalue weighted by molar-refractivity contribution is 4.95. The number of aliphatic hydroxyl groups is 1. The molecule has 78 valence electrons. The molecule has 0 amide bonds. The zero-order valence-corrected chi connectivity index (χ0v) is 8.20. The summed E-state index contributed by atoms with van der Waals surface area (Å²) in [7, 11) is 0. The van der Waals surface area contributed by atoms with Crippen molar-refractivity contribution in [3.63, 3.8) is 0 Å². The van der Waals surface area contributed by atoms with Gasteiger partial charge in [-0.05, 0) is 31.8 Å². The minimum absolute atomic E-state index is 0.0353. The van der Waals surface area contributed by atoms with Crippen LogP contribution in [0.25, 0.3) is 0 Å². The van der Waals surface area contributed by atoms with Crippen LogP contribution in [0.3, 0.4) is 0 Å². The first-order valence-electron chi connectivity index (χ1n) is 5.13. The third-order valence-electron chi connectivity index (χ3n) is 2.62. The Kier molecular flexibility index (Phi) is 3.16. The first kappa shape index (κ1) is 9.68. The van der Waals surface area contributed by atoms with E-state index in [2.05, 4.69) is 10.3 Å². The van der Waals surface area contributed by atoms with Crippen LogP contribution >= 0.6 is 0 Å². The molecule has 2 N–H and O–H groups in total. The lowest BCUT2D eigenvalue weighted by Crippen LogP contribution is -2.30. The Morgan fingerprint density at radius 2 is 2.57 bits per heavy atom. The Morgan fingerprint density at radius 1 is 1.64 bits per heavy atom. The summed E-state index contributed by atoms with van der Waals surface area (Å²) in [6.45, 7) is 2.15. The molecular weight excluding hydrogens is 180 g/mol. The molecule has 0 spiro atoms. The molecule has 0 bridgehead atoms. The quantitative estimate of drug-likeness (QED) is 0.747. The number of hydrogen-bond donors (Lipinski definition) is 2. The molecule has 1 unspecified atom stereocenters. The fourth-order valence-corrected chi connectivity index (χ4v) is 1.86. The zero-order valence-electron chi connectivity index (χ0n) is 8.20. The van der Waals surface area contributed by atoms with Crippen molar-refractivity contribution < 1.29 is 9.52 Å². The van der Waals surface area contributed by atoms with Crippen LogP contribution in [-0.4, -0.2) is 23.2 Å². The molecule has 0 radical (unpaired) electrons. The van der Waals surface area contributed by atoms with Gasteiger partial charge in [-0.2, -0.15) is 0 Å². The van der Waals surface area contributed by atoms with Crippen molar-refractivity contribution >= 4 is 0 Å². The minimum Gasteiger partial charge on any atom is -0.449 e. The molecule has 0 aliphatic carbocycles. The predicted octanol–water partition coefficient (Wildman–Crippen LogP) is 0.709. The van der Waals surface area contributed by atoms with Gasteiger partial charge in [0.2, 0.25) is 0 Å². The number of rotatable bonds is 3. The number of aromatic nitrogens is 1. The number of nitrogens with zero attached hydrogens (tertiary/aromatic N) is 1. The van der Waals surface area contributed by atoms with Gasteiger partial charge in [0.15, 0.2) is 5.89 Å². The van der Waals surface area contributed by atoms with Crippen molar-refractivity contribution in [1.82, 2.24) is 10.3 Å². The number of piperidine rings is 1. The molecule has 0 aromatic carbocycles. The van der Waals surface area contributed by atoms with E-state index in [9.17, 15) is 0 Å². The minimum atomic E-state index is -0.0353. The van der Waals surface area contributed by atoms with Crippen molar-refractivity contribution in [2.45, 2.75) is 25.9 Å². The standard InChI is InChI=1S/C10H16N2O2/c13-6-9-7-14-10(12-9)4-8-2-1-3-11-5-8/h7-8,11,13H,1-6H2. The Morgan fingerprint density at radius 3 is 3.21 bits per heavy atom. The summed E-state index contributed by atoms with van der Waals surface area (Å²) in [6, 6.07) is 0. The highest BCUT2D eigenvalue weighted by Crippen LogP contribution is 2.15. The molecule has 2 rings (SSSR count). The van der Waals surface area contributed by atoms with E-state index in [4.69, 9.17) is 9.52 Å². The highest BCUT2D eigenvalue weighted by atomic mass is 16.3. The average Bonchev–Trinajstić information content (AvgIpc) is 2.67. The lowest BCUT2D eigenvalue weighted by molar-refractivity contribution is 0.276. The van der Waals surface area contributed by atoms with Gasteiger partial charge in [-0.15, -0.1) is 0 Å². The maximum absolute atomic E-state index is 8.82. The van der Waals surface area contributed by atoms with Gasteiger partial charge >= 0.3 is 0 Å². The Hall–Kier alpha value is -0.870. The van der Waals surface area contributed by atoms with E-state index in [1.54, 1.807) is 0 Å². The molecule has 1 atom stereocenters. The summed E-state index contributed by atoms with van der Waals surface area (Å²) in [5, 5.41) is 12.2. The molecule has 1 aliphatic heterocycles. The van der Waals surface area contributed by atoms with Crippen LogP contribution < -0.4 is 5.32 Å². The third-order valence-corrected chi connectivity index (χ3v) is 2.62. The maximum atomic E-state index is 8.82. The molecule has 14 heavy (non-hydrogen) atoms. The molecule has 1 saturated heterocycles. The maximum Gasteiger partial charge on any atom is 0.194 e. The zero-order chi connectivity index (χ0) is 9.80. The average molecular weight is 196 g/mol. The fourth-order valence-electron chi connectivity index (χ4n) is 1.86. The first-order valence-corrected chi connectivity index (χ1v) is 5.13. The van der Waals surface area contributed by atoms with Crippen molar-refractivity contribution in [2.24, 2.45) is 5.92 Å². The lowest BCUT2D eigenvalue weighted by atomic mass is 9.96. The third kappa shape index (κ3) is 2.33. The summed E-state index contributed by atoms with van der Waals surface area (Å²) in [5.41, 5.74) is 0.628. The second-order valence-corrected chi connectivity index (χ2v) is 3.81. The number of hydrogen-bond acceptors (Lipinski definition) is 4. The summed E-state index contributed by atoms with van der Waals surface area (Å²) in [6.07, 6.45) is 4.89.